The summed E-state index contributed by atoms with van der Waals surface area (Å²) < 4.78 is 5.38. The van der Waals surface area contributed by atoms with Crippen LogP contribution in [0.3, 0.4) is 0 Å². The van der Waals surface area contributed by atoms with E-state index in [-0.39, 0.29) is 0 Å². The number of aromatic nitrogens is 3. The number of nitrogens with zero attached hydrogens (tertiary/aromatic N) is 5. The van der Waals surface area contributed by atoms with Gasteiger partial charge in [-0.3, -0.25) is 9.80 Å². The molecule has 3 saturated heterocycles. The van der Waals surface area contributed by atoms with E-state index in [1.165, 1.54) is 30.6 Å². The molecule has 3 aliphatic rings. The van der Waals surface area contributed by atoms with Crippen molar-refractivity contribution in [1.29, 1.82) is 0 Å². The van der Waals surface area contributed by atoms with E-state index < -0.39 is 0 Å². The van der Waals surface area contributed by atoms with Crippen LogP contribution in [0.5, 0.6) is 0 Å². The molecule has 0 radical (unpaired) electrons. The summed E-state index contributed by atoms with van der Waals surface area (Å²) in [6.45, 7) is 5.37. The predicted octanol–water partition coefficient (Wildman–Crippen LogP) is 3.29. The maximum atomic E-state index is 5.38. The summed E-state index contributed by atoms with van der Waals surface area (Å²) in [5.41, 5.74) is 4.30. The lowest BCUT2D eigenvalue weighted by molar-refractivity contribution is 0.123. The molecule has 2 unspecified atom stereocenters. The Labute approximate surface area is 162 Å². The molecule has 27 heavy (non-hydrogen) atoms. The number of thiazole rings is 1. The Hall–Kier alpha value is -2.09. The van der Waals surface area contributed by atoms with Crippen LogP contribution in [0.1, 0.15) is 24.1 Å². The third-order valence-corrected chi connectivity index (χ3v) is 6.24. The van der Waals surface area contributed by atoms with Crippen LogP contribution in [0, 0.1) is 5.92 Å². The Morgan fingerprint density at radius 2 is 2.00 bits per heavy atom. The van der Waals surface area contributed by atoms with Crippen molar-refractivity contribution in [3.63, 3.8) is 0 Å². The highest BCUT2D eigenvalue weighted by atomic mass is 32.1. The van der Waals surface area contributed by atoms with Crippen LogP contribution in [-0.4, -0.2) is 50.4 Å². The second-order valence-corrected chi connectivity index (χ2v) is 8.31. The molecule has 6 rings (SSSR count). The highest BCUT2D eigenvalue weighted by Crippen LogP contribution is 2.30. The Balaban J connectivity index is 1.26. The minimum absolute atomic E-state index is 0.604. The van der Waals surface area contributed by atoms with Crippen LogP contribution in [0.15, 0.2) is 46.1 Å². The van der Waals surface area contributed by atoms with Gasteiger partial charge in [0.15, 0.2) is 11.6 Å². The van der Waals surface area contributed by atoms with Gasteiger partial charge in [-0.1, -0.05) is 0 Å². The van der Waals surface area contributed by atoms with Crippen LogP contribution in [0.25, 0.3) is 11.6 Å². The lowest BCUT2D eigenvalue weighted by Crippen LogP contribution is -2.43. The van der Waals surface area contributed by atoms with Crippen LogP contribution < -0.4 is 0 Å². The molecule has 6 heterocycles. The van der Waals surface area contributed by atoms with Crippen molar-refractivity contribution in [2.45, 2.75) is 32.0 Å². The molecular weight excluding hydrogens is 358 g/mol. The zero-order valence-corrected chi connectivity index (χ0v) is 16.0. The van der Waals surface area contributed by atoms with Crippen molar-refractivity contribution in [2.24, 2.45) is 5.92 Å². The van der Waals surface area contributed by atoms with E-state index in [0.29, 0.717) is 17.6 Å². The van der Waals surface area contributed by atoms with Crippen molar-refractivity contribution in [3.05, 3.63) is 52.9 Å². The number of hydrogen-bond acceptors (Lipinski definition) is 7. The molecule has 0 aromatic carbocycles. The molecule has 3 aromatic rings. The second kappa shape index (κ2) is 7.50. The first kappa shape index (κ1) is 17.0. The van der Waals surface area contributed by atoms with Gasteiger partial charge < -0.3 is 4.42 Å². The van der Waals surface area contributed by atoms with Gasteiger partial charge in [0.1, 0.15) is 0 Å². The van der Waals surface area contributed by atoms with Gasteiger partial charge in [0.05, 0.1) is 17.5 Å². The minimum Gasteiger partial charge on any atom is -0.461 e. The Morgan fingerprint density at radius 3 is 2.78 bits per heavy atom. The van der Waals surface area contributed by atoms with Crippen molar-refractivity contribution >= 4 is 11.3 Å². The summed E-state index contributed by atoms with van der Waals surface area (Å²) in [5, 5.41) is 2.17. The average Bonchev–Trinajstić information content (AvgIpc) is 3.33. The van der Waals surface area contributed by atoms with E-state index in [0.717, 1.165) is 32.1 Å². The maximum Gasteiger partial charge on any atom is 0.195 e. The van der Waals surface area contributed by atoms with Crippen molar-refractivity contribution in [2.75, 3.05) is 19.6 Å². The van der Waals surface area contributed by atoms with Crippen LogP contribution in [0.4, 0.5) is 0 Å². The monoisotopic (exact) mass is 381 g/mol. The number of furan rings is 1. The van der Waals surface area contributed by atoms with Crippen LogP contribution in [-0.2, 0) is 13.1 Å². The van der Waals surface area contributed by atoms with E-state index in [1.807, 2.05) is 30.0 Å². The first-order valence-electron chi connectivity index (χ1n) is 9.52. The zero-order chi connectivity index (χ0) is 18.1. The topological polar surface area (TPSA) is 58.3 Å². The van der Waals surface area contributed by atoms with Crippen LogP contribution in [0.2, 0.25) is 0 Å². The molecule has 7 heteroatoms. The van der Waals surface area contributed by atoms with E-state index in [2.05, 4.69) is 30.1 Å². The summed E-state index contributed by atoms with van der Waals surface area (Å²) >= 11 is 1.68. The fourth-order valence-electron chi connectivity index (χ4n) is 4.35. The summed E-state index contributed by atoms with van der Waals surface area (Å²) in [5.74, 6) is 2.11. The largest absolute Gasteiger partial charge is 0.461 e. The molecule has 0 spiro atoms. The molecule has 0 aliphatic carbocycles. The van der Waals surface area contributed by atoms with Gasteiger partial charge in [-0.15, -0.1) is 11.3 Å². The maximum absolute atomic E-state index is 5.38. The SMILES string of the molecule is c1coc(-c2ncc(CN3CC4CCC3CN(Cc3cscn3)C4)cn2)c1. The normalized spacial score (nSPS) is 23.6. The first-order chi connectivity index (χ1) is 13.3. The molecule has 2 atom stereocenters. The van der Waals surface area contributed by atoms with Crippen molar-refractivity contribution in [1.82, 2.24) is 24.8 Å². The number of fused-ring (bicyclic) bond motifs is 4. The molecule has 6 nitrogen and oxygen atoms in total. The van der Waals surface area contributed by atoms with Crippen molar-refractivity contribution < 1.29 is 4.42 Å². The quantitative estimate of drug-likeness (QED) is 0.676. The predicted molar refractivity (Wildman–Crippen MR) is 104 cm³/mol. The summed E-state index contributed by atoms with van der Waals surface area (Å²) in [4.78, 5) is 18.7. The Bertz CT molecular complexity index is 849. The van der Waals surface area contributed by atoms with Crippen molar-refractivity contribution in [3.8, 4) is 11.6 Å². The Morgan fingerprint density at radius 1 is 1.07 bits per heavy atom. The third-order valence-electron chi connectivity index (χ3n) is 5.60. The fraction of sp³-hybridized carbons (Fsp3) is 0.450. The average molecular weight is 382 g/mol. The van der Waals surface area contributed by atoms with Gasteiger partial charge >= 0.3 is 0 Å². The van der Waals surface area contributed by atoms with Gasteiger partial charge in [-0.2, -0.15) is 0 Å². The first-order valence-corrected chi connectivity index (χ1v) is 10.5. The number of rotatable bonds is 5. The molecule has 2 bridgehead atoms. The van der Waals surface area contributed by atoms with E-state index in [1.54, 1.807) is 17.6 Å². The number of hydrogen-bond donors (Lipinski definition) is 0. The lowest BCUT2D eigenvalue weighted by Gasteiger charge is -2.36. The molecule has 0 N–H and O–H groups in total. The highest BCUT2D eigenvalue weighted by molar-refractivity contribution is 7.07. The Kier molecular flexibility index (Phi) is 4.73. The van der Waals surface area contributed by atoms with Gasteiger partial charge in [-0.05, 0) is 30.9 Å². The standard InChI is InChI=1S/C20H23N5OS/c1-2-19(26-5-1)20-21-6-16(7-22-20)10-25-9-15-3-4-18(25)12-24(8-15)11-17-13-27-14-23-17/h1-2,5-7,13-15,18H,3-4,8-12H2. The molecule has 3 fully saturated rings. The summed E-state index contributed by atoms with van der Waals surface area (Å²) in [6, 6.07) is 4.35. The molecule has 0 amide bonds. The van der Waals surface area contributed by atoms with E-state index >= 15 is 0 Å². The third kappa shape index (κ3) is 3.81. The molecule has 140 valence electrons. The molecular formula is C20H23N5OS. The van der Waals surface area contributed by atoms with E-state index in [4.69, 9.17) is 4.42 Å². The molecule has 3 aliphatic heterocycles. The minimum atomic E-state index is 0.604. The zero-order valence-electron chi connectivity index (χ0n) is 15.2. The van der Waals surface area contributed by atoms with Gasteiger partial charge in [0.25, 0.3) is 0 Å². The van der Waals surface area contributed by atoms with Gasteiger partial charge in [-0.25, -0.2) is 15.0 Å². The number of piperidine rings is 1. The lowest BCUT2D eigenvalue weighted by atomic mass is 9.95. The fourth-order valence-corrected chi connectivity index (χ4v) is 4.90. The molecule has 3 aromatic heterocycles. The second-order valence-electron chi connectivity index (χ2n) is 7.59. The smallest absolute Gasteiger partial charge is 0.195 e. The summed E-state index contributed by atoms with van der Waals surface area (Å²) in [6.07, 6.45) is 8.15. The highest BCUT2D eigenvalue weighted by Gasteiger charge is 2.34. The van der Waals surface area contributed by atoms with Gasteiger partial charge in [0, 0.05) is 62.1 Å². The summed E-state index contributed by atoms with van der Waals surface area (Å²) in [7, 11) is 0. The van der Waals surface area contributed by atoms with Gasteiger partial charge in [0.2, 0.25) is 0 Å². The van der Waals surface area contributed by atoms with E-state index in [9.17, 15) is 0 Å². The van der Waals surface area contributed by atoms with Crippen LogP contribution >= 0.6 is 11.3 Å². The molecule has 0 saturated carbocycles.